The van der Waals surface area contributed by atoms with Crippen LogP contribution in [0.1, 0.15) is 5.69 Å². The standard InChI is InChI=1S/C23H17Cl2N3O2/c1-12-11-30-21(26-12)13-4-7-20-16(8-13)17-10-18(15-6-5-14(24)9-19(15)25)23(29)28(3)22(17)27(20)2/h4-11H,1-3H3. The summed E-state index contributed by atoms with van der Waals surface area (Å²) in [4.78, 5) is 17.6. The molecule has 0 unspecified atom stereocenters. The molecule has 150 valence electrons. The fourth-order valence-electron chi connectivity index (χ4n) is 4.01. The molecule has 0 saturated carbocycles. The molecule has 0 aliphatic rings. The Morgan fingerprint density at radius 1 is 0.933 bits per heavy atom. The average Bonchev–Trinajstić information content (AvgIpc) is 3.26. The fourth-order valence-corrected chi connectivity index (χ4v) is 4.52. The van der Waals surface area contributed by atoms with Crippen molar-refractivity contribution in [2.24, 2.45) is 14.1 Å². The first-order valence-electron chi connectivity index (χ1n) is 9.35. The lowest BCUT2D eigenvalue weighted by atomic mass is 10.0. The van der Waals surface area contributed by atoms with Crippen molar-refractivity contribution in [3.63, 3.8) is 0 Å². The van der Waals surface area contributed by atoms with Crippen LogP contribution in [-0.2, 0) is 14.1 Å². The van der Waals surface area contributed by atoms with Gasteiger partial charge in [-0.3, -0.25) is 9.36 Å². The van der Waals surface area contributed by atoms with Crippen molar-refractivity contribution in [1.29, 1.82) is 0 Å². The minimum absolute atomic E-state index is 0.124. The van der Waals surface area contributed by atoms with E-state index in [0.29, 0.717) is 27.1 Å². The van der Waals surface area contributed by atoms with Crippen molar-refractivity contribution in [3.05, 3.63) is 74.8 Å². The number of rotatable bonds is 2. The second-order valence-electron chi connectivity index (χ2n) is 7.37. The van der Waals surface area contributed by atoms with Gasteiger partial charge in [-0.1, -0.05) is 29.3 Å². The van der Waals surface area contributed by atoms with Crippen LogP contribution in [0.5, 0.6) is 0 Å². The van der Waals surface area contributed by atoms with E-state index in [2.05, 4.69) is 4.98 Å². The summed E-state index contributed by atoms with van der Waals surface area (Å²) in [6.07, 6.45) is 1.63. The van der Waals surface area contributed by atoms with Crippen LogP contribution in [0.2, 0.25) is 10.0 Å². The number of halogens is 2. The predicted octanol–water partition coefficient (Wildman–Crippen LogP) is 5.97. The highest BCUT2D eigenvalue weighted by Gasteiger charge is 2.18. The number of pyridine rings is 1. The molecule has 5 rings (SSSR count). The zero-order chi connectivity index (χ0) is 21.2. The van der Waals surface area contributed by atoms with E-state index in [1.165, 1.54) is 0 Å². The predicted molar refractivity (Wildman–Crippen MR) is 121 cm³/mol. The summed E-state index contributed by atoms with van der Waals surface area (Å²) >= 11 is 12.5. The van der Waals surface area contributed by atoms with Gasteiger partial charge in [-0.25, -0.2) is 4.98 Å². The minimum atomic E-state index is -0.124. The molecular formula is C23H17Cl2N3O2. The lowest BCUT2D eigenvalue weighted by Crippen LogP contribution is -2.20. The normalized spacial score (nSPS) is 11.6. The SMILES string of the molecule is Cc1coc(-c2ccc3c(c2)c2cc(-c4ccc(Cl)cc4Cl)c(=O)n(C)c2n3C)n1. The summed E-state index contributed by atoms with van der Waals surface area (Å²) in [6, 6.07) is 13.1. The summed E-state index contributed by atoms with van der Waals surface area (Å²) in [5.74, 6) is 0.567. The number of hydrogen-bond donors (Lipinski definition) is 0. The molecule has 0 aliphatic heterocycles. The lowest BCUT2D eigenvalue weighted by Gasteiger charge is -2.09. The Morgan fingerprint density at radius 3 is 2.43 bits per heavy atom. The van der Waals surface area contributed by atoms with E-state index in [0.717, 1.165) is 33.2 Å². The van der Waals surface area contributed by atoms with Gasteiger partial charge in [0, 0.05) is 46.6 Å². The maximum Gasteiger partial charge on any atom is 0.259 e. The molecule has 0 radical (unpaired) electrons. The first kappa shape index (κ1) is 19.0. The van der Waals surface area contributed by atoms with Gasteiger partial charge >= 0.3 is 0 Å². The number of fused-ring (bicyclic) bond motifs is 3. The largest absolute Gasteiger partial charge is 0.444 e. The molecule has 0 atom stereocenters. The molecule has 2 aromatic carbocycles. The Kier molecular flexibility index (Phi) is 4.27. The van der Waals surface area contributed by atoms with Gasteiger partial charge in [-0.05, 0) is 43.3 Å². The molecule has 5 nitrogen and oxygen atoms in total. The zero-order valence-electron chi connectivity index (χ0n) is 16.5. The van der Waals surface area contributed by atoms with Crippen molar-refractivity contribution in [2.45, 2.75) is 6.92 Å². The molecule has 3 aromatic heterocycles. The molecule has 0 saturated heterocycles. The lowest BCUT2D eigenvalue weighted by molar-refractivity contribution is 0.573. The first-order valence-corrected chi connectivity index (χ1v) is 10.1. The summed E-state index contributed by atoms with van der Waals surface area (Å²) < 4.78 is 9.25. The molecule has 0 aliphatic carbocycles. The van der Waals surface area contributed by atoms with Crippen LogP contribution in [0.15, 0.2) is 57.9 Å². The summed E-state index contributed by atoms with van der Waals surface area (Å²) in [7, 11) is 3.73. The van der Waals surface area contributed by atoms with E-state index in [1.54, 1.807) is 36.1 Å². The summed E-state index contributed by atoms with van der Waals surface area (Å²) in [6.45, 7) is 1.89. The van der Waals surface area contributed by atoms with Gasteiger partial charge in [-0.15, -0.1) is 0 Å². The van der Waals surface area contributed by atoms with Crippen molar-refractivity contribution in [1.82, 2.24) is 14.1 Å². The van der Waals surface area contributed by atoms with Crippen LogP contribution in [0, 0.1) is 6.92 Å². The van der Waals surface area contributed by atoms with Crippen LogP contribution in [0.4, 0.5) is 0 Å². The van der Waals surface area contributed by atoms with Crippen LogP contribution < -0.4 is 5.56 Å². The molecule has 5 aromatic rings. The second kappa shape index (κ2) is 6.76. The molecule has 0 amide bonds. The smallest absolute Gasteiger partial charge is 0.259 e. The van der Waals surface area contributed by atoms with Gasteiger partial charge in [0.15, 0.2) is 0 Å². The Balaban J connectivity index is 1.85. The highest BCUT2D eigenvalue weighted by molar-refractivity contribution is 6.36. The summed E-state index contributed by atoms with van der Waals surface area (Å²) in [5, 5.41) is 2.91. The molecule has 0 fully saturated rings. The topological polar surface area (TPSA) is 53.0 Å². The number of hydrogen-bond acceptors (Lipinski definition) is 3. The van der Waals surface area contributed by atoms with E-state index in [4.69, 9.17) is 27.6 Å². The quantitative estimate of drug-likeness (QED) is 0.341. The van der Waals surface area contributed by atoms with E-state index >= 15 is 0 Å². The van der Waals surface area contributed by atoms with E-state index in [1.807, 2.05) is 42.8 Å². The van der Waals surface area contributed by atoms with E-state index < -0.39 is 0 Å². The number of oxazole rings is 1. The van der Waals surface area contributed by atoms with Crippen LogP contribution in [-0.4, -0.2) is 14.1 Å². The number of benzene rings is 2. The molecule has 0 spiro atoms. The monoisotopic (exact) mass is 437 g/mol. The highest BCUT2D eigenvalue weighted by atomic mass is 35.5. The van der Waals surface area contributed by atoms with Gasteiger partial charge in [-0.2, -0.15) is 0 Å². The van der Waals surface area contributed by atoms with E-state index in [9.17, 15) is 4.79 Å². The second-order valence-corrected chi connectivity index (χ2v) is 8.21. The van der Waals surface area contributed by atoms with Gasteiger partial charge in [0.1, 0.15) is 11.9 Å². The van der Waals surface area contributed by atoms with Gasteiger partial charge < -0.3 is 8.98 Å². The maximum atomic E-state index is 13.2. The Labute approximate surface area is 182 Å². The highest BCUT2D eigenvalue weighted by Crippen LogP contribution is 2.35. The molecule has 0 bridgehead atoms. The Hall–Kier alpha value is -3.02. The molecular weight excluding hydrogens is 421 g/mol. The van der Waals surface area contributed by atoms with Crippen molar-refractivity contribution < 1.29 is 4.42 Å². The maximum absolute atomic E-state index is 13.2. The third-order valence-electron chi connectivity index (χ3n) is 5.44. The molecule has 0 N–H and O–H groups in total. The van der Waals surface area contributed by atoms with Gasteiger partial charge in [0.2, 0.25) is 5.89 Å². The fraction of sp³-hybridized carbons (Fsp3) is 0.130. The Bertz CT molecular complexity index is 1530. The van der Waals surface area contributed by atoms with Gasteiger partial charge in [0.25, 0.3) is 5.56 Å². The third-order valence-corrected chi connectivity index (χ3v) is 5.98. The van der Waals surface area contributed by atoms with Crippen LogP contribution >= 0.6 is 23.2 Å². The third kappa shape index (κ3) is 2.77. The zero-order valence-corrected chi connectivity index (χ0v) is 18.0. The number of nitrogens with zero attached hydrogens (tertiary/aromatic N) is 3. The molecule has 30 heavy (non-hydrogen) atoms. The molecule has 7 heteroatoms. The number of aromatic nitrogens is 3. The van der Waals surface area contributed by atoms with Crippen molar-refractivity contribution >= 4 is 45.1 Å². The number of aryl methyl sites for hydroxylation is 3. The minimum Gasteiger partial charge on any atom is -0.444 e. The summed E-state index contributed by atoms with van der Waals surface area (Å²) in [5.41, 5.74) is 4.59. The Morgan fingerprint density at radius 2 is 1.73 bits per heavy atom. The van der Waals surface area contributed by atoms with Crippen molar-refractivity contribution in [3.8, 4) is 22.6 Å². The van der Waals surface area contributed by atoms with E-state index in [-0.39, 0.29) is 5.56 Å². The average molecular weight is 438 g/mol. The van der Waals surface area contributed by atoms with Crippen molar-refractivity contribution in [2.75, 3.05) is 0 Å². The van der Waals surface area contributed by atoms with Crippen LogP contribution in [0.3, 0.4) is 0 Å². The first-order chi connectivity index (χ1) is 14.3. The molecule has 3 heterocycles. The van der Waals surface area contributed by atoms with Crippen LogP contribution in [0.25, 0.3) is 44.5 Å². The van der Waals surface area contributed by atoms with Gasteiger partial charge in [0.05, 0.1) is 16.2 Å².